The Morgan fingerprint density at radius 2 is 1.77 bits per heavy atom. The van der Waals surface area contributed by atoms with Crippen molar-refractivity contribution in [3.05, 3.63) is 65.3 Å². The van der Waals surface area contributed by atoms with Crippen LogP contribution < -0.4 is 15.4 Å². The number of hydrogen-bond donors (Lipinski definition) is 2. The number of nitrogens with one attached hydrogen (secondary N) is 2. The van der Waals surface area contributed by atoms with Gasteiger partial charge in [0.05, 0.1) is 31.2 Å². The molecule has 1 saturated heterocycles. The summed E-state index contributed by atoms with van der Waals surface area (Å²) in [5, 5.41) is 6.31. The van der Waals surface area contributed by atoms with Gasteiger partial charge in [-0.1, -0.05) is 15.9 Å². The van der Waals surface area contributed by atoms with Gasteiger partial charge in [0, 0.05) is 35.5 Å². The van der Waals surface area contributed by atoms with E-state index in [1.807, 2.05) is 61.1 Å². The van der Waals surface area contributed by atoms with Crippen LogP contribution in [0.3, 0.4) is 0 Å². The molecule has 2 amide bonds. The van der Waals surface area contributed by atoms with Crippen molar-refractivity contribution in [2.75, 3.05) is 30.8 Å². The van der Waals surface area contributed by atoms with Gasteiger partial charge in [-0.2, -0.15) is 0 Å². The average molecular weight is 536 g/mol. The number of piperidine rings is 1. The first-order valence-electron chi connectivity index (χ1n) is 11.7. The molecule has 3 heterocycles. The maximum absolute atomic E-state index is 12.8. The van der Waals surface area contributed by atoms with Gasteiger partial charge in [0.25, 0.3) is 0 Å². The molecule has 0 spiro atoms. The molecule has 180 valence electrons. The number of quaternary nitrogens is 1. The number of benzene rings is 2. The zero-order valence-electron chi connectivity index (χ0n) is 19.8. The van der Waals surface area contributed by atoms with Crippen molar-refractivity contribution in [2.45, 2.75) is 19.3 Å². The minimum absolute atomic E-state index is 0.0324. The summed E-state index contributed by atoms with van der Waals surface area (Å²) in [4.78, 5) is 21.9. The van der Waals surface area contributed by atoms with Crippen molar-refractivity contribution in [2.24, 2.45) is 7.05 Å². The van der Waals surface area contributed by atoms with Crippen molar-refractivity contribution in [1.29, 1.82) is 0 Å². The highest BCUT2D eigenvalue weighted by molar-refractivity contribution is 9.10. The molecule has 0 radical (unpaired) electrons. The van der Waals surface area contributed by atoms with Crippen LogP contribution in [0.5, 0.6) is 11.5 Å². The fraction of sp³-hybridized carbons (Fsp3) is 0.269. The number of nitrogens with zero attached hydrogens (tertiary/aromatic N) is 4. The maximum atomic E-state index is 12.8. The Morgan fingerprint density at radius 1 is 1.03 bits per heavy atom. The normalized spacial score (nSPS) is 15.1. The van der Waals surface area contributed by atoms with E-state index >= 15 is 0 Å². The van der Waals surface area contributed by atoms with Crippen molar-refractivity contribution >= 4 is 50.4 Å². The SMILES string of the molecule is Cn1c(Nc2ccc(Br)cc2)nc2cc(Oc3ccnc(NC(=O)[N+]4(C)CCCCC4)c3)ccc21. The van der Waals surface area contributed by atoms with Crippen LogP contribution in [0.25, 0.3) is 11.0 Å². The molecule has 0 unspecified atom stereocenters. The van der Waals surface area contributed by atoms with Crippen molar-refractivity contribution < 1.29 is 14.0 Å². The van der Waals surface area contributed by atoms with Crippen LogP contribution in [0, 0.1) is 0 Å². The van der Waals surface area contributed by atoms with Gasteiger partial charge >= 0.3 is 6.03 Å². The number of amides is 2. The molecule has 1 aliphatic rings. The quantitative estimate of drug-likeness (QED) is 0.288. The summed E-state index contributed by atoms with van der Waals surface area (Å²) in [6, 6.07) is 17.2. The van der Waals surface area contributed by atoms with Gasteiger partial charge in [-0.05, 0) is 61.7 Å². The molecule has 2 N–H and O–H groups in total. The Kier molecular flexibility index (Phi) is 6.44. The number of halogens is 1. The molecule has 0 saturated carbocycles. The number of carbonyl (C=O) groups is 1. The monoisotopic (exact) mass is 535 g/mol. The number of anilines is 3. The molecule has 4 aromatic rings. The van der Waals surface area contributed by atoms with Crippen molar-refractivity contribution in [3.8, 4) is 11.5 Å². The van der Waals surface area contributed by atoms with Gasteiger partial charge < -0.3 is 14.6 Å². The first kappa shape index (κ1) is 23.3. The molecular weight excluding hydrogens is 508 g/mol. The van der Waals surface area contributed by atoms with E-state index in [-0.39, 0.29) is 6.03 Å². The number of urea groups is 1. The third-order valence-corrected chi connectivity index (χ3v) is 6.98. The van der Waals surface area contributed by atoms with Gasteiger partial charge in [-0.3, -0.25) is 5.32 Å². The number of aryl methyl sites for hydroxylation is 1. The van der Waals surface area contributed by atoms with Crippen LogP contribution in [0.4, 0.5) is 22.2 Å². The third kappa shape index (κ3) is 5.16. The summed E-state index contributed by atoms with van der Waals surface area (Å²) < 4.78 is 9.51. The molecule has 9 heteroatoms. The highest BCUT2D eigenvalue weighted by atomic mass is 79.9. The van der Waals surface area contributed by atoms with E-state index in [0.29, 0.717) is 21.8 Å². The lowest BCUT2D eigenvalue weighted by atomic mass is 10.1. The molecule has 2 aromatic heterocycles. The topological polar surface area (TPSA) is 81.1 Å². The van der Waals surface area contributed by atoms with E-state index in [1.54, 1.807) is 18.3 Å². The zero-order valence-corrected chi connectivity index (χ0v) is 21.4. The minimum atomic E-state index is -0.0324. The van der Waals surface area contributed by atoms with Crippen LogP contribution in [0.15, 0.2) is 65.3 Å². The number of ether oxygens (including phenoxy) is 1. The first-order chi connectivity index (χ1) is 16.9. The van der Waals surface area contributed by atoms with Gasteiger partial charge in [0.2, 0.25) is 5.95 Å². The fourth-order valence-corrected chi connectivity index (χ4v) is 4.62. The summed E-state index contributed by atoms with van der Waals surface area (Å²) >= 11 is 3.46. The number of pyridine rings is 1. The Balaban J connectivity index is 1.31. The average Bonchev–Trinajstić information content (AvgIpc) is 3.15. The van der Waals surface area contributed by atoms with E-state index in [1.165, 1.54) is 6.42 Å². The van der Waals surface area contributed by atoms with Crippen LogP contribution in [-0.2, 0) is 7.05 Å². The summed E-state index contributed by atoms with van der Waals surface area (Å²) in [6.45, 7) is 1.70. The van der Waals surface area contributed by atoms with Crippen LogP contribution >= 0.6 is 15.9 Å². The van der Waals surface area contributed by atoms with Crippen LogP contribution in [0.2, 0.25) is 0 Å². The lowest BCUT2D eigenvalue weighted by Crippen LogP contribution is -2.54. The second-order valence-corrected chi connectivity index (χ2v) is 10.0. The smallest absolute Gasteiger partial charge is 0.421 e. The molecule has 1 aliphatic heterocycles. The number of fused-ring (bicyclic) bond motifs is 1. The molecule has 35 heavy (non-hydrogen) atoms. The molecule has 0 atom stereocenters. The summed E-state index contributed by atoms with van der Waals surface area (Å²) in [7, 11) is 3.96. The first-order valence-corrected chi connectivity index (χ1v) is 12.5. The lowest BCUT2D eigenvalue weighted by Gasteiger charge is -2.34. The van der Waals surface area contributed by atoms with E-state index < -0.39 is 0 Å². The third-order valence-electron chi connectivity index (χ3n) is 6.45. The van der Waals surface area contributed by atoms with E-state index in [4.69, 9.17) is 9.72 Å². The Labute approximate surface area is 212 Å². The zero-order chi connectivity index (χ0) is 24.4. The summed E-state index contributed by atoms with van der Waals surface area (Å²) in [5.74, 6) is 2.48. The maximum Gasteiger partial charge on any atom is 0.421 e. The second-order valence-electron chi connectivity index (χ2n) is 9.09. The van der Waals surface area contributed by atoms with Crippen LogP contribution in [0.1, 0.15) is 19.3 Å². The number of imidazole rings is 1. The van der Waals surface area contributed by atoms with E-state index in [2.05, 4.69) is 31.5 Å². The molecule has 0 bridgehead atoms. The Morgan fingerprint density at radius 3 is 2.54 bits per heavy atom. The van der Waals surface area contributed by atoms with Crippen LogP contribution in [-0.4, -0.2) is 45.2 Å². The lowest BCUT2D eigenvalue weighted by molar-refractivity contribution is -0.833. The number of hydrogen-bond acceptors (Lipinski definition) is 5. The Bertz CT molecular complexity index is 1360. The van der Waals surface area contributed by atoms with Gasteiger partial charge in [-0.25, -0.2) is 19.2 Å². The summed E-state index contributed by atoms with van der Waals surface area (Å²) in [6.07, 6.45) is 4.96. The highest BCUT2D eigenvalue weighted by Crippen LogP contribution is 2.29. The molecule has 5 rings (SSSR count). The largest absolute Gasteiger partial charge is 0.457 e. The highest BCUT2D eigenvalue weighted by Gasteiger charge is 2.33. The van der Waals surface area contributed by atoms with Gasteiger partial charge in [0.15, 0.2) is 0 Å². The molecular formula is C26H28BrN6O2+. The molecule has 1 fully saturated rings. The van der Waals surface area contributed by atoms with Crippen molar-refractivity contribution in [1.82, 2.24) is 14.5 Å². The van der Waals surface area contributed by atoms with Gasteiger partial charge in [0.1, 0.15) is 17.3 Å². The number of likely N-dealkylation sites (tertiary alicyclic amines) is 1. The standard InChI is InChI=1S/C26H27BrN6O2/c1-32-23-11-10-20(16-22(23)30-25(32)29-19-8-6-18(27)7-9-19)35-21-12-13-28-24(17-21)31-26(34)33(2)14-4-3-5-15-33/h6-13,16-17H,3-5,14-15H2,1-2H3,(H-,28,29,30,31,34)/p+1. The minimum Gasteiger partial charge on any atom is -0.457 e. The predicted molar refractivity (Wildman–Crippen MR) is 141 cm³/mol. The molecule has 2 aromatic carbocycles. The molecule has 8 nitrogen and oxygen atoms in total. The predicted octanol–water partition coefficient (Wildman–Crippen LogP) is 6.43. The van der Waals surface area contributed by atoms with Gasteiger partial charge in [-0.15, -0.1) is 0 Å². The fourth-order valence-electron chi connectivity index (χ4n) is 4.35. The number of aromatic nitrogens is 3. The second kappa shape index (κ2) is 9.67. The Hall–Kier alpha value is -3.43. The summed E-state index contributed by atoms with van der Waals surface area (Å²) in [5.41, 5.74) is 2.75. The van der Waals surface area contributed by atoms with E-state index in [9.17, 15) is 4.79 Å². The number of rotatable bonds is 5. The van der Waals surface area contributed by atoms with Crippen molar-refractivity contribution in [3.63, 3.8) is 0 Å². The molecule has 0 aliphatic carbocycles. The number of carbonyl (C=O) groups excluding carboxylic acids is 1. The van der Waals surface area contributed by atoms with E-state index in [0.717, 1.165) is 53.1 Å².